The molecular weight excluding hydrogens is 352 g/mol. The summed E-state index contributed by atoms with van der Waals surface area (Å²) < 4.78 is 10.5. The van der Waals surface area contributed by atoms with Crippen molar-refractivity contribution in [2.75, 3.05) is 25.2 Å². The maximum atomic E-state index is 12.4. The SMILES string of the molecule is COc1ccc([N+](=O)[O-])cc1OCC(=O)c1ccc(N2CCCC2=O)cc1. The van der Waals surface area contributed by atoms with Crippen LogP contribution in [-0.2, 0) is 4.79 Å². The molecule has 0 bridgehead atoms. The molecule has 1 aliphatic rings. The number of benzene rings is 2. The number of carbonyl (C=O) groups is 2. The van der Waals surface area contributed by atoms with E-state index in [4.69, 9.17) is 9.47 Å². The Morgan fingerprint density at radius 1 is 1.19 bits per heavy atom. The first kappa shape index (κ1) is 18.4. The average Bonchev–Trinajstić information content (AvgIpc) is 3.11. The largest absolute Gasteiger partial charge is 0.493 e. The molecular formula is C19H18N2O6. The van der Waals surface area contributed by atoms with Crippen molar-refractivity contribution in [2.24, 2.45) is 0 Å². The first-order valence-corrected chi connectivity index (χ1v) is 8.38. The second-order valence-electron chi connectivity index (χ2n) is 6.00. The minimum absolute atomic E-state index is 0.0789. The zero-order valence-corrected chi connectivity index (χ0v) is 14.7. The average molecular weight is 370 g/mol. The summed E-state index contributed by atoms with van der Waals surface area (Å²) in [5, 5.41) is 10.9. The van der Waals surface area contributed by atoms with Gasteiger partial charge in [0.2, 0.25) is 5.91 Å². The van der Waals surface area contributed by atoms with Gasteiger partial charge < -0.3 is 14.4 Å². The normalized spacial score (nSPS) is 13.5. The number of anilines is 1. The van der Waals surface area contributed by atoms with Gasteiger partial charge in [-0.05, 0) is 36.8 Å². The molecule has 8 nitrogen and oxygen atoms in total. The summed E-state index contributed by atoms with van der Waals surface area (Å²) in [6.07, 6.45) is 1.37. The van der Waals surface area contributed by atoms with E-state index < -0.39 is 4.92 Å². The van der Waals surface area contributed by atoms with E-state index in [2.05, 4.69) is 0 Å². The number of non-ortho nitro benzene ring substituents is 1. The molecule has 27 heavy (non-hydrogen) atoms. The lowest BCUT2D eigenvalue weighted by Gasteiger charge is -2.15. The molecule has 8 heteroatoms. The third-order valence-corrected chi connectivity index (χ3v) is 4.29. The summed E-state index contributed by atoms with van der Waals surface area (Å²) in [6, 6.07) is 10.7. The fraction of sp³-hybridized carbons (Fsp3) is 0.263. The summed E-state index contributed by atoms with van der Waals surface area (Å²) in [6.45, 7) is 0.390. The zero-order chi connectivity index (χ0) is 19.4. The van der Waals surface area contributed by atoms with Crippen molar-refractivity contribution in [3.63, 3.8) is 0 Å². The van der Waals surface area contributed by atoms with Gasteiger partial charge in [-0.25, -0.2) is 0 Å². The standard InChI is InChI=1S/C19H18N2O6/c1-26-17-9-8-15(21(24)25)11-18(17)27-12-16(22)13-4-6-14(7-5-13)20-10-2-3-19(20)23/h4-9,11H,2-3,10,12H2,1H3. The second kappa shape index (κ2) is 7.86. The monoisotopic (exact) mass is 370 g/mol. The van der Waals surface area contributed by atoms with E-state index in [1.54, 1.807) is 29.2 Å². The molecule has 2 aromatic carbocycles. The highest BCUT2D eigenvalue weighted by Gasteiger charge is 2.22. The van der Waals surface area contributed by atoms with Gasteiger partial charge in [0.05, 0.1) is 18.1 Å². The van der Waals surface area contributed by atoms with Gasteiger partial charge in [-0.2, -0.15) is 0 Å². The zero-order valence-electron chi connectivity index (χ0n) is 14.7. The topological polar surface area (TPSA) is 99.0 Å². The molecule has 0 radical (unpaired) electrons. The van der Waals surface area contributed by atoms with E-state index in [9.17, 15) is 19.7 Å². The Hall–Kier alpha value is -3.42. The van der Waals surface area contributed by atoms with Crippen LogP contribution in [0.3, 0.4) is 0 Å². The molecule has 0 saturated carbocycles. The third kappa shape index (κ3) is 4.05. The first-order valence-electron chi connectivity index (χ1n) is 8.38. The van der Waals surface area contributed by atoms with Crippen LogP contribution in [0, 0.1) is 10.1 Å². The lowest BCUT2D eigenvalue weighted by atomic mass is 10.1. The van der Waals surface area contributed by atoms with Crippen molar-refractivity contribution in [1.29, 1.82) is 0 Å². The highest BCUT2D eigenvalue weighted by Crippen LogP contribution is 2.31. The molecule has 1 saturated heterocycles. The van der Waals surface area contributed by atoms with Crippen molar-refractivity contribution >= 4 is 23.1 Å². The van der Waals surface area contributed by atoms with Crippen LogP contribution >= 0.6 is 0 Å². The highest BCUT2D eigenvalue weighted by molar-refractivity contribution is 5.99. The van der Waals surface area contributed by atoms with Crippen LogP contribution in [0.2, 0.25) is 0 Å². The predicted octanol–water partition coefficient (Wildman–Crippen LogP) is 2.99. The molecule has 1 amide bonds. The summed E-state index contributed by atoms with van der Waals surface area (Å²) >= 11 is 0. The van der Waals surface area contributed by atoms with Gasteiger partial charge >= 0.3 is 0 Å². The molecule has 2 aromatic rings. The highest BCUT2D eigenvalue weighted by atomic mass is 16.6. The molecule has 1 aliphatic heterocycles. The fourth-order valence-corrected chi connectivity index (χ4v) is 2.87. The minimum Gasteiger partial charge on any atom is -0.493 e. The van der Waals surface area contributed by atoms with Crippen LogP contribution in [0.25, 0.3) is 0 Å². The number of methoxy groups -OCH3 is 1. The molecule has 3 rings (SSSR count). The van der Waals surface area contributed by atoms with Crippen molar-refractivity contribution in [3.05, 3.63) is 58.1 Å². The Morgan fingerprint density at radius 2 is 1.93 bits per heavy atom. The van der Waals surface area contributed by atoms with Crippen LogP contribution in [0.4, 0.5) is 11.4 Å². The minimum atomic E-state index is -0.549. The van der Waals surface area contributed by atoms with Gasteiger partial charge in [0.25, 0.3) is 5.69 Å². The van der Waals surface area contributed by atoms with E-state index >= 15 is 0 Å². The molecule has 0 N–H and O–H groups in total. The van der Waals surface area contributed by atoms with Crippen LogP contribution in [0.1, 0.15) is 23.2 Å². The number of ether oxygens (including phenoxy) is 2. The van der Waals surface area contributed by atoms with Crippen molar-refractivity contribution < 1.29 is 24.0 Å². The van der Waals surface area contributed by atoms with E-state index in [1.807, 2.05) is 0 Å². The second-order valence-corrected chi connectivity index (χ2v) is 6.00. The third-order valence-electron chi connectivity index (χ3n) is 4.29. The van der Waals surface area contributed by atoms with Crippen LogP contribution in [0.5, 0.6) is 11.5 Å². The van der Waals surface area contributed by atoms with E-state index in [0.717, 1.165) is 12.1 Å². The van der Waals surface area contributed by atoms with Gasteiger partial charge in [0, 0.05) is 30.3 Å². The number of nitro benzene ring substituents is 1. The maximum Gasteiger partial charge on any atom is 0.273 e. The van der Waals surface area contributed by atoms with Crippen LogP contribution < -0.4 is 14.4 Å². The van der Waals surface area contributed by atoms with Crippen molar-refractivity contribution in [2.45, 2.75) is 12.8 Å². The maximum absolute atomic E-state index is 12.4. The summed E-state index contributed by atoms with van der Waals surface area (Å²) in [5.74, 6) is 0.216. The van der Waals surface area contributed by atoms with Gasteiger partial charge in [-0.15, -0.1) is 0 Å². The molecule has 0 unspecified atom stereocenters. The van der Waals surface area contributed by atoms with Gasteiger partial charge in [0.1, 0.15) is 0 Å². The lowest BCUT2D eigenvalue weighted by molar-refractivity contribution is -0.385. The van der Waals surface area contributed by atoms with Gasteiger partial charge in [-0.3, -0.25) is 19.7 Å². The van der Waals surface area contributed by atoms with Crippen LogP contribution in [-0.4, -0.2) is 36.9 Å². The number of ketones is 1. The molecule has 0 aliphatic carbocycles. The van der Waals surface area contributed by atoms with E-state index in [-0.39, 0.29) is 29.7 Å². The number of carbonyl (C=O) groups excluding carboxylic acids is 2. The predicted molar refractivity (Wildman–Crippen MR) is 97.5 cm³/mol. The van der Waals surface area contributed by atoms with Gasteiger partial charge in [0.15, 0.2) is 23.9 Å². The molecule has 140 valence electrons. The fourth-order valence-electron chi connectivity index (χ4n) is 2.87. The Morgan fingerprint density at radius 3 is 2.52 bits per heavy atom. The van der Waals surface area contributed by atoms with Crippen LogP contribution in [0.15, 0.2) is 42.5 Å². The van der Waals surface area contributed by atoms with Crippen molar-refractivity contribution in [1.82, 2.24) is 0 Å². The number of rotatable bonds is 7. The molecule has 0 spiro atoms. The quantitative estimate of drug-likeness (QED) is 0.422. The van der Waals surface area contributed by atoms with E-state index in [0.29, 0.717) is 24.3 Å². The summed E-state index contributed by atoms with van der Waals surface area (Å²) in [5.41, 5.74) is 1.03. The Labute approximate surface area is 155 Å². The lowest BCUT2D eigenvalue weighted by Crippen LogP contribution is -2.23. The smallest absolute Gasteiger partial charge is 0.273 e. The molecule has 0 atom stereocenters. The summed E-state index contributed by atoms with van der Waals surface area (Å²) in [7, 11) is 1.41. The Balaban J connectivity index is 1.68. The van der Waals surface area contributed by atoms with Crippen molar-refractivity contribution in [3.8, 4) is 11.5 Å². The number of hydrogen-bond acceptors (Lipinski definition) is 6. The number of nitro groups is 1. The first-order chi connectivity index (χ1) is 13.0. The molecule has 1 heterocycles. The molecule has 0 aromatic heterocycles. The van der Waals surface area contributed by atoms with E-state index in [1.165, 1.54) is 25.3 Å². The number of amides is 1. The summed E-state index contributed by atoms with van der Waals surface area (Å²) in [4.78, 5) is 36.2. The number of nitrogens with zero attached hydrogens (tertiary/aromatic N) is 2. The number of hydrogen-bond donors (Lipinski definition) is 0. The Bertz CT molecular complexity index is 878. The Kier molecular flexibility index (Phi) is 5.35. The number of Topliss-reactive ketones (excluding diaryl/α,β-unsaturated/α-hetero) is 1. The van der Waals surface area contributed by atoms with Gasteiger partial charge in [-0.1, -0.05) is 0 Å². The molecule has 1 fully saturated rings.